The quantitative estimate of drug-likeness (QED) is 0.0746. The summed E-state index contributed by atoms with van der Waals surface area (Å²) in [6.45, 7) is 1.63. The predicted molar refractivity (Wildman–Crippen MR) is 166 cm³/mol. The van der Waals surface area contributed by atoms with E-state index in [1.807, 2.05) is 0 Å². The van der Waals surface area contributed by atoms with Crippen LogP contribution in [0.25, 0.3) is 0 Å². The van der Waals surface area contributed by atoms with E-state index in [1.54, 1.807) is 6.08 Å². The second kappa shape index (κ2) is 23.5. The molecule has 0 aromatic rings. The average Bonchev–Trinajstić information content (AvgIpc) is 3.61. The first-order valence-corrected chi connectivity index (χ1v) is 17.5. The third-order valence-electron chi connectivity index (χ3n) is 9.05. The lowest BCUT2D eigenvalue weighted by Crippen LogP contribution is -2.31. The van der Waals surface area contributed by atoms with Crippen LogP contribution in [-0.4, -0.2) is 53.4 Å². The maximum absolute atomic E-state index is 12.6. The van der Waals surface area contributed by atoms with Crippen molar-refractivity contribution >= 4 is 5.97 Å². The van der Waals surface area contributed by atoms with Gasteiger partial charge in [-0.05, 0) is 44.6 Å². The largest absolute Gasteiger partial charge is 0.452 e. The molecule has 240 valence electrons. The van der Waals surface area contributed by atoms with Gasteiger partial charge in [0.25, 0.3) is 0 Å². The van der Waals surface area contributed by atoms with Crippen LogP contribution >= 0.6 is 0 Å². The van der Waals surface area contributed by atoms with E-state index in [1.165, 1.54) is 96.3 Å². The number of cyclic esters (lactones) is 1. The molecule has 1 saturated heterocycles. The zero-order valence-corrected chi connectivity index (χ0v) is 26.3. The molecular weight excluding hydrogens is 519 g/mol. The summed E-state index contributed by atoms with van der Waals surface area (Å²) in [4.78, 5) is 11.6. The Morgan fingerprint density at radius 3 is 1.54 bits per heavy atom. The van der Waals surface area contributed by atoms with Crippen molar-refractivity contribution in [3.63, 3.8) is 0 Å². The first-order chi connectivity index (χ1) is 20.0. The Balaban J connectivity index is 1.35. The van der Waals surface area contributed by atoms with Gasteiger partial charge in [0, 0.05) is 5.57 Å². The van der Waals surface area contributed by atoms with Crippen LogP contribution in [0, 0.1) is 0 Å². The molecule has 1 fully saturated rings. The van der Waals surface area contributed by atoms with Crippen LogP contribution in [0.4, 0.5) is 4.39 Å². The van der Waals surface area contributed by atoms with Crippen molar-refractivity contribution in [1.82, 2.24) is 0 Å². The number of ether oxygens (including phenoxy) is 2. The molecule has 0 aromatic heterocycles. The number of esters is 1. The fourth-order valence-electron chi connectivity index (χ4n) is 6.35. The van der Waals surface area contributed by atoms with E-state index < -0.39 is 18.9 Å². The maximum atomic E-state index is 12.6. The molecule has 0 bridgehead atoms. The summed E-state index contributed by atoms with van der Waals surface area (Å²) in [5.74, 6) is -0.339. The van der Waals surface area contributed by atoms with Gasteiger partial charge in [-0.15, -0.1) is 0 Å². The van der Waals surface area contributed by atoms with Crippen LogP contribution in [0.1, 0.15) is 167 Å². The minimum Gasteiger partial charge on any atom is -0.452 e. The Hall–Kier alpha value is -0.980. The molecule has 2 rings (SSSR count). The molecule has 41 heavy (non-hydrogen) atoms. The number of alkyl halides is 1. The summed E-state index contributed by atoms with van der Waals surface area (Å²) in [5.41, 5.74) is 0.647. The average molecular weight is 583 g/mol. The highest BCUT2D eigenvalue weighted by Gasteiger charge is 2.34. The van der Waals surface area contributed by atoms with Crippen LogP contribution < -0.4 is 0 Å². The molecule has 0 radical (unpaired) electrons. The van der Waals surface area contributed by atoms with Gasteiger partial charge in [-0.1, -0.05) is 129 Å². The fourth-order valence-corrected chi connectivity index (χ4v) is 6.35. The van der Waals surface area contributed by atoms with Crippen LogP contribution in [-0.2, 0) is 14.3 Å². The molecule has 2 aliphatic rings. The molecule has 0 amide bonds. The number of unbranched alkanes of at least 4 members (excludes halogenated alkanes) is 18. The Morgan fingerprint density at radius 2 is 1.12 bits per heavy atom. The number of aliphatic hydroxyl groups excluding tert-OH is 2. The maximum Gasteiger partial charge on any atom is 0.334 e. The Labute approximate surface area is 251 Å². The number of halogens is 1. The molecule has 0 aromatic carbocycles. The van der Waals surface area contributed by atoms with Gasteiger partial charge in [0.05, 0.1) is 24.4 Å². The number of rotatable bonds is 27. The predicted octanol–water partition coefficient (Wildman–Crippen LogP) is 9.07. The molecule has 2 aliphatic heterocycles. The number of hydrogen-bond donors (Lipinski definition) is 2. The smallest absolute Gasteiger partial charge is 0.334 e. The third kappa shape index (κ3) is 16.4. The zero-order chi connectivity index (χ0) is 29.5. The van der Waals surface area contributed by atoms with Gasteiger partial charge >= 0.3 is 5.97 Å². The lowest BCUT2D eigenvalue weighted by Gasteiger charge is -2.22. The molecule has 2 heterocycles. The summed E-state index contributed by atoms with van der Waals surface area (Å²) in [5, 5.41) is 21.2. The zero-order valence-electron chi connectivity index (χ0n) is 26.3. The van der Waals surface area contributed by atoms with E-state index in [-0.39, 0.29) is 24.3 Å². The van der Waals surface area contributed by atoms with E-state index in [0.29, 0.717) is 12.0 Å². The number of carbonyl (C=O) groups is 1. The van der Waals surface area contributed by atoms with E-state index in [4.69, 9.17) is 9.47 Å². The second-order valence-electron chi connectivity index (χ2n) is 12.8. The summed E-state index contributed by atoms with van der Waals surface area (Å²) in [6.07, 6.45) is 28.7. The lowest BCUT2D eigenvalue weighted by molar-refractivity contribution is -0.140. The molecule has 5 nitrogen and oxygen atoms in total. The number of hydrogen-bond acceptors (Lipinski definition) is 5. The monoisotopic (exact) mass is 582 g/mol. The van der Waals surface area contributed by atoms with E-state index in [0.717, 1.165) is 57.8 Å². The molecule has 0 saturated carbocycles. The molecule has 1 unspecified atom stereocenters. The number of aliphatic hydroxyl groups is 2. The standard InChI is InChI=1S/C35H63FO5/c1-2-3-4-5-6-7-11-14-17-20-23-31(37)33-25-26-34(41-33)32(38)24-21-18-15-12-9-8-10-13-16-19-22-29-27-30(28-36)40-35(29)39/h27,30-34,37-38H,2-26,28H2,1H3/t30-,31-,32?,33+,34+/m0/s1. The highest BCUT2D eigenvalue weighted by Crippen LogP contribution is 2.28. The third-order valence-corrected chi connectivity index (χ3v) is 9.05. The van der Waals surface area contributed by atoms with E-state index in [2.05, 4.69) is 6.92 Å². The van der Waals surface area contributed by atoms with Crippen molar-refractivity contribution in [3.8, 4) is 0 Å². The van der Waals surface area contributed by atoms with Crippen molar-refractivity contribution in [2.75, 3.05) is 6.67 Å². The molecule has 0 spiro atoms. The van der Waals surface area contributed by atoms with E-state index in [9.17, 15) is 19.4 Å². The Bertz CT molecular complexity index is 683. The summed E-state index contributed by atoms with van der Waals surface area (Å²) in [7, 11) is 0. The number of carbonyl (C=O) groups excluding carboxylic acids is 1. The second-order valence-corrected chi connectivity index (χ2v) is 12.8. The first-order valence-electron chi connectivity index (χ1n) is 17.5. The normalized spacial score (nSPS) is 22.2. The van der Waals surface area contributed by atoms with Gasteiger partial charge in [-0.25, -0.2) is 9.18 Å². The van der Waals surface area contributed by atoms with Gasteiger partial charge in [0.1, 0.15) is 12.8 Å². The van der Waals surface area contributed by atoms with Crippen LogP contribution in [0.2, 0.25) is 0 Å². The summed E-state index contributed by atoms with van der Waals surface area (Å²) >= 11 is 0. The minimum atomic E-state index is -0.660. The van der Waals surface area contributed by atoms with E-state index >= 15 is 0 Å². The van der Waals surface area contributed by atoms with Crippen molar-refractivity contribution in [3.05, 3.63) is 11.6 Å². The highest BCUT2D eigenvalue weighted by molar-refractivity contribution is 5.90. The van der Waals surface area contributed by atoms with Gasteiger partial charge in [0.15, 0.2) is 0 Å². The Morgan fingerprint density at radius 1 is 0.707 bits per heavy atom. The molecule has 2 N–H and O–H groups in total. The lowest BCUT2D eigenvalue weighted by atomic mass is 10.00. The summed E-state index contributed by atoms with van der Waals surface area (Å²) < 4.78 is 23.6. The summed E-state index contributed by atoms with van der Waals surface area (Å²) in [6, 6.07) is 0. The SMILES string of the molecule is CCCCCCCCCCCC[C@H](O)[C@H]1CC[C@H](C(O)CCCCCCCCCCCCC2=C[C@@H](CF)OC2=O)O1. The van der Waals surface area contributed by atoms with Crippen LogP contribution in [0.5, 0.6) is 0 Å². The van der Waals surface area contributed by atoms with Crippen molar-refractivity contribution in [1.29, 1.82) is 0 Å². The van der Waals surface area contributed by atoms with Crippen molar-refractivity contribution in [2.45, 2.75) is 198 Å². The topological polar surface area (TPSA) is 76.0 Å². The Kier molecular flexibility index (Phi) is 20.7. The highest BCUT2D eigenvalue weighted by atomic mass is 19.1. The fraction of sp³-hybridized carbons (Fsp3) is 0.914. The minimum absolute atomic E-state index is 0.0988. The molecule has 6 heteroatoms. The molecule has 5 atom stereocenters. The van der Waals surface area contributed by atoms with Crippen molar-refractivity contribution in [2.24, 2.45) is 0 Å². The van der Waals surface area contributed by atoms with Gasteiger partial charge in [-0.2, -0.15) is 0 Å². The first kappa shape index (κ1) is 36.2. The van der Waals surface area contributed by atoms with Crippen LogP contribution in [0.3, 0.4) is 0 Å². The van der Waals surface area contributed by atoms with Crippen molar-refractivity contribution < 1.29 is 28.9 Å². The molecular formula is C35H63FO5. The van der Waals surface area contributed by atoms with Crippen LogP contribution in [0.15, 0.2) is 11.6 Å². The van der Waals surface area contributed by atoms with Gasteiger partial charge in [-0.3, -0.25) is 0 Å². The van der Waals surface area contributed by atoms with Gasteiger partial charge in [0.2, 0.25) is 0 Å². The van der Waals surface area contributed by atoms with Gasteiger partial charge < -0.3 is 19.7 Å². The molecule has 0 aliphatic carbocycles.